The number of fused-ring (bicyclic) bond motifs is 1. The zero-order valence-corrected chi connectivity index (χ0v) is 13.8. The van der Waals surface area contributed by atoms with Crippen molar-refractivity contribution in [3.05, 3.63) is 39.4 Å². The minimum Gasteiger partial charge on any atom is -0.338 e. The molecule has 0 radical (unpaired) electrons. The van der Waals surface area contributed by atoms with Crippen molar-refractivity contribution in [2.24, 2.45) is 0 Å². The van der Waals surface area contributed by atoms with Crippen LogP contribution in [-0.2, 0) is 11.3 Å². The SMILES string of the molecule is C[C@@H]1CN(C(=O)Cn2cnc3ccc(Br)cc3c2=O)CCN1. The topological polar surface area (TPSA) is 67.2 Å². The molecule has 1 N–H and O–H groups in total. The lowest BCUT2D eigenvalue weighted by Crippen LogP contribution is -2.52. The third kappa shape index (κ3) is 3.05. The minimum absolute atomic E-state index is 0.0288. The summed E-state index contributed by atoms with van der Waals surface area (Å²) >= 11 is 3.35. The summed E-state index contributed by atoms with van der Waals surface area (Å²) in [6.07, 6.45) is 1.45. The van der Waals surface area contributed by atoms with Gasteiger partial charge in [-0.15, -0.1) is 0 Å². The molecule has 0 bridgehead atoms. The third-order valence-corrected chi connectivity index (χ3v) is 4.31. The van der Waals surface area contributed by atoms with E-state index in [0.717, 1.165) is 11.0 Å². The van der Waals surface area contributed by atoms with Crippen molar-refractivity contribution in [1.82, 2.24) is 19.8 Å². The van der Waals surface area contributed by atoms with Gasteiger partial charge in [-0.05, 0) is 25.1 Å². The molecule has 2 heterocycles. The van der Waals surface area contributed by atoms with E-state index in [1.807, 2.05) is 13.0 Å². The number of rotatable bonds is 2. The lowest BCUT2D eigenvalue weighted by molar-refractivity contribution is -0.133. The van der Waals surface area contributed by atoms with Gasteiger partial charge in [0.25, 0.3) is 5.56 Å². The number of benzene rings is 1. The lowest BCUT2D eigenvalue weighted by Gasteiger charge is -2.32. The highest BCUT2D eigenvalue weighted by atomic mass is 79.9. The molecule has 0 aliphatic carbocycles. The molecular formula is C15H17BrN4O2. The van der Waals surface area contributed by atoms with Crippen LogP contribution in [0.4, 0.5) is 0 Å². The van der Waals surface area contributed by atoms with Crippen LogP contribution in [0, 0.1) is 0 Å². The van der Waals surface area contributed by atoms with Crippen molar-refractivity contribution >= 4 is 32.7 Å². The summed E-state index contributed by atoms with van der Waals surface area (Å²) in [5.41, 5.74) is 0.440. The van der Waals surface area contributed by atoms with Gasteiger partial charge >= 0.3 is 0 Å². The average molecular weight is 365 g/mol. The van der Waals surface area contributed by atoms with E-state index in [-0.39, 0.29) is 24.1 Å². The number of piperazine rings is 1. The molecule has 3 rings (SSSR count). The molecular weight excluding hydrogens is 348 g/mol. The minimum atomic E-state index is -0.192. The van der Waals surface area contributed by atoms with Crippen LogP contribution in [0.1, 0.15) is 6.92 Å². The summed E-state index contributed by atoms with van der Waals surface area (Å²) in [6, 6.07) is 5.63. The molecule has 0 saturated carbocycles. The first kappa shape index (κ1) is 15.2. The second kappa shape index (κ2) is 6.18. The molecule has 0 spiro atoms. The molecule has 1 aromatic carbocycles. The third-order valence-electron chi connectivity index (χ3n) is 3.81. The monoisotopic (exact) mass is 364 g/mol. The van der Waals surface area contributed by atoms with Gasteiger partial charge in [0.05, 0.1) is 17.2 Å². The molecule has 1 amide bonds. The van der Waals surface area contributed by atoms with E-state index < -0.39 is 0 Å². The molecule has 1 aromatic heterocycles. The highest BCUT2D eigenvalue weighted by molar-refractivity contribution is 9.10. The fourth-order valence-corrected chi connectivity index (χ4v) is 3.01. The molecule has 1 atom stereocenters. The van der Waals surface area contributed by atoms with Gasteiger partial charge in [-0.2, -0.15) is 0 Å². The molecule has 2 aromatic rings. The largest absolute Gasteiger partial charge is 0.338 e. The first-order chi connectivity index (χ1) is 10.5. The van der Waals surface area contributed by atoms with E-state index in [2.05, 4.69) is 26.2 Å². The molecule has 1 saturated heterocycles. The van der Waals surface area contributed by atoms with Crippen molar-refractivity contribution in [2.45, 2.75) is 19.5 Å². The Morgan fingerprint density at radius 1 is 1.50 bits per heavy atom. The molecule has 1 fully saturated rings. The Morgan fingerprint density at radius 3 is 3.09 bits per heavy atom. The van der Waals surface area contributed by atoms with E-state index in [4.69, 9.17) is 0 Å². The summed E-state index contributed by atoms with van der Waals surface area (Å²) in [5, 5.41) is 3.80. The first-order valence-electron chi connectivity index (χ1n) is 7.20. The maximum absolute atomic E-state index is 12.5. The van der Waals surface area contributed by atoms with E-state index in [9.17, 15) is 9.59 Å². The van der Waals surface area contributed by atoms with Crippen LogP contribution in [0.3, 0.4) is 0 Å². The van der Waals surface area contributed by atoms with Crippen molar-refractivity contribution < 1.29 is 4.79 Å². The first-order valence-corrected chi connectivity index (χ1v) is 8.00. The fraction of sp³-hybridized carbons (Fsp3) is 0.400. The zero-order chi connectivity index (χ0) is 15.7. The van der Waals surface area contributed by atoms with E-state index in [0.29, 0.717) is 24.0 Å². The van der Waals surface area contributed by atoms with Gasteiger partial charge in [0.1, 0.15) is 6.54 Å². The molecule has 116 valence electrons. The molecule has 7 heteroatoms. The summed E-state index contributed by atoms with van der Waals surface area (Å²) in [5.74, 6) is -0.0494. The number of carbonyl (C=O) groups excluding carboxylic acids is 1. The van der Waals surface area contributed by atoms with Gasteiger partial charge in [-0.25, -0.2) is 4.98 Å². The number of hydrogen-bond acceptors (Lipinski definition) is 4. The molecule has 1 aliphatic rings. The summed E-state index contributed by atoms with van der Waals surface area (Å²) in [6.45, 7) is 4.19. The Kier molecular flexibility index (Phi) is 4.26. The second-order valence-corrected chi connectivity index (χ2v) is 6.45. The summed E-state index contributed by atoms with van der Waals surface area (Å²) in [7, 11) is 0. The lowest BCUT2D eigenvalue weighted by atomic mass is 10.2. The zero-order valence-electron chi connectivity index (χ0n) is 12.3. The highest BCUT2D eigenvalue weighted by Crippen LogP contribution is 2.14. The van der Waals surface area contributed by atoms with Gasteiger partial charge in [0.2, 0.25) is 5.91 Å². The number of amides is 1. The van der Waals surface area contributed by atoms with Gasteiger partial charge in [-0.1, -0.05) is 15.9 Å². The van der Waals surface area contributed by atoms with Crippen LogP contribution < -0.4 is 10.9 Å². The Morgan fingerprint density at radius 2 is 2.32 bits per heavy atom. The number of nitrogens with one attached hydrogen (secondary N) is 1. The Balaban J connectivity index is 1.86. The number of carbonyl (C=O) groups is 1. The summed E-state index contributed by atoms with van der Waals surface area (Å²) in [4.78, 5) is 30.9. The fourth-order valence-electron chi connectivity index (χ4n) is 2.65. The van der Waals surface area contributed by atoms with Crippen LogP contribution in [0.5, 0.6) is 0 Å². The average Bonchev–Trinajstić information content (AvgIpc) is 2.50. The van der Waals surface area contributed by atoms with Crippen molar-refractivity contribution in [1.29, 1.82) is 0 Å². The summed E-state index contributed by atoms with van der Waals surface area (Å²) < 4.78 is 2.20. The molecule has 22 heavy (non-hydrogen) atoms. The van der Waals surface area contributed by atoms with Gasteiger partial charge in [-0.3, -0.25) is 14.2 Å². The maximum atomic E-state index is 12.5. The van der Waals surface area contributed by atoms with Crippen LogP contribution in [0.2, 0.25) is 0 Å². The van der Waals surface area contributed by atoms with Crippen molar-refractivity contribution in [3.8, 4) is 0 Å². The predicted molar refractivity (Wildman–Crippen MR) is 87.7 cm³/mol. The molecule has 0 unspecified atom stereocenters. The number of nitrogens with zero attached hydrogens (tertiary/aromatic N) is 3. The van der Waals surface area contributed by atoms with Crippen molar-refractivity contribution in [2.75, 3.05) is 19.6 Å². The van der Waals surface area contributed by atoms with Gasteiger partial charge < -0.3 is 10.2 Å². The van der Waals surface area contributed by atoms with Gasteiger partial charge in [0, 0.05) is 30.1 Å². The van der Waals surface area contributed by atoms with E-state index in [1.54, 1.807) is 17.0 Å². The second-order valence-electron chi connectivity index (χ2n) is 5.53. The van der Waals surface area contributed by atoms with E-state index in [1.165, 1.54) is 10.9 Å². The van der Waals surface area contributed by atoms with Crippen LogP contribution >= 0.6 is 15.9 Å². The quantitative estimate of drug-likeness (QED) is 0.862. The number of aromatic nitrogens is 2. The molecule has 6 nitrogen and oxygen atoms in total. The molecule has 1 aliphatic heterocycles. The Hall–Kier alpha value is -1.73. The number of hydrogen-bond donors (Lipinski definition) is 1. The van der Waals surface area contributed by atoms with Crippen molar-refractivity contribution in [3.63, 3.8) is 0 Å². The van der Waals surface area contributed by atoms with Gasteiger partial charge in [0.15, 0.2) is 0 Å². The Labute approximate surface area is 136 Å². The standard InChI is InChI=1S/C15H17BrN4O2/c1-10-7-19(5-4-17-10)14(21)8-20-9-18-13-3-2-11(16)6-12(13)15(20)22/h2-3,6,9-10,17H,4-5,7-8H2,1H3/t10-/m1/s1. The van der Waals surface area contributed by atoms with Crippen LogP contribution in [0.25, 0.3) is 10.9 Å². The Bertz CT molecular complexity index is 774. The number of halogens is 1. The smallest absolute Gasteiger partial charge is 0.261 e. The van der Waals surface area contributed by atoms with Crippen LogP contribution in [-0.4, -0.2) is 46.0 Å². The highest BCUT2D eigenvalue weighted by Gasteiger charge is 2.21. The maximum Gasteiger partial charge on any atom is 0.261 e. The normalized spacial score (nSPS) is 18.6. The van der Waals surface area contributed by atoms with Crippen LogP contribution in [0.15, 0.2) is 33.8 Å². The van der Waals surface area contributed by atoms with E-state index >= 15 is 0 Å². The predicted octanol–water partition coefficient (Wildman–Crippen LogP) is 0.979.